The van der Waals surface area contributed by atoms with Crippen molar-refractivity contribution in [3.05, 3.63) is 82.3 Å². The molecule has 2 aliphatic heterocycles. The summed E-state index contributed by atoms with van der Waals surface area (Å²) in [4.78, 5) is 30.7. The van der Waals surface area contributed by atoms with Gasteiger partial charge in [-0.1, -0.05) is 32.0 Å². The number of ketones is 1. The number of hydrogen-bond acceptors (Lipinski definition) is 5. The van der Waals surface area contributed by atoms with Crippen LogP contribution < -0.4 is 15.5 Å². The second-order valence-corrected chi connectivity index (χ2v) is 10.1. The molecule has 1 amide bonds. The summed E-state index contributed by atoms with van der Waals surface area (Å²) in [5.41, 5.74) is 5.34. The Labute approximate surface area is 206 Å². The minimum Gasteiger partial charge on any atom is -0.384 e. The van der Waals surface area contributed by atoms with Crippen molar-refractivity contribution >= 4 is 23.1 Å². The molecule has 0 bridgehead atoms. The number of amides is 1. The van der Waals surface area contributed by atoms with E-state index in [2.05, 4.69) is 6.07 Å². The molecule has 2 aromatic carbocycles. The second kappa shape index (κ2) is 7.47. The zero-order valence-electron chi connectivity index (χ0n) is 19.9. The lowest BCUT2D eigenvalue weighted by Crippen LogP contribution is -2.53. The molecular weight excluding hydrogens is 469 g/mol. The number of alkyl halides is 3. The van der Waals surface area contributed by atoms with E-state index in [1.807, 2.05) is 13.8 Å². The smallest absolute Gasteiger partial charge is 0.384 e. The van der Waals surface area contributed by atoms with Crippen LogP contribution in [-0.2, 0) is 21.2 Å². The molecular formula is C27H23F3N4O2. The summed E-state index contributed by atoms with van der Waals surface area (Å²) in [5, 5.41) is 10.3. The number of Topliss-reactive ketones (excluding diaryl/α,β-unsaturated/α-hetero) is 1. The maximum absolute atomic E-state index is 14.0. The molecule has 3 aliphatic rings. The van der Waals surface area contributed by atoms with Crippen molar-refractivity contribution in [3.8, 4) is 6.07 Å². The van der Waals surface area contributed by atoms with Gasteiger partial charge >= 0.3 is 6.18 Å². The Morgan fingerprint density at radius 2 is 1.67 bits per heavy atom. The van der Waals surface area contributed by atoms with Gasteiger partial charge in [-0.05, 0) is 42.2 Å². The quantitative estimate of drug-likeness (QED) is 0.619. The molecule has 184 valence electrons. The van der Waals surface area contributed by atoms with Crippen molar-refractivity contribution in [3.63, 3.8) is 0 Å². The van der Waals surface area contributed by atoms with E-state index in [1.165, 1.54) is 21.9 Å². The van der Waals surface area contributed by atoms with Crippen molar-refractivity contribution in [2.24, 2.45) is 11.1 Å². The highest BCUT2D eigenvalue weighted by atomic mass is 19.4. The van der Waals surface area contributed by atoms with Gasteiger partial charge in [0.05, 0.1) is 11.1 Å². The number of likely N-dealkylation sites (N-methyl/N-ethyl adjacent to an activating group) is 1. The fourth-order valence-corrected chi connectivity index (χ4v) is 5.76. The zero-order chi connectivity index (χ0) is 26.2. The third-order valence-corrected chi connectivity index (χ3v) is 7.23. The molecule has 0 aromatic heterocycles. The second-order valence-electron chi connectivity index (χ2n) is 10.1. The van der Waals surface area contributed by atoms with Gasteiger partial charge in [0, 0.05) is 41.7 Å². The first kappa shape index (κ1) is 23.7. The Morgan fingerprint density at radius 3 is 2.28 bits per heavy atom. The number of anilines is 2. The van der Waals surface area contributed by atoms with Gasteiger partial charge in [-0.15, -0.1) is 0 Å². The molecule has 0 saturated carbocycles. The van der Waals surface area contributed by atoms with E-state index in [4.69, 9.17) is 5.73 Å². The number of nitrogens with zero attached hydrogens (tertiary/aromatic N) is 3. The molecule has 0 fully saturated rings. The van der Waals surface area contributed by atoms with Crippen LogP contribution in [0.5, 0.6) is 0 Å². The molecule has 0 unspecified atom stereocenters. The van der Waals surface area contributed by atoms with Gasteiger partial charge in [0.2, 0.25) is 5.91 Å². The molecule has 1 atom stereocenters. The lowest BCUT2D eigenvalue weighted by atomic mass is 9.60. The van der Waals surface area contributed by atoms with Crippen molar-refractivity contribution in [1.82, 2.24) is 0 Å². The van der Waals surface area contributed by atoms with Crippen molar-refractivity contribution in [2.75, 3.05) is 16.8 Å². The van der Waals surface area contributed by atoms with Crippen molar-refractivity contribution in [1.29, 1.82) is 5.26 Å². The topological polar surface area (TPSA) is 90.4 Å². The molecule has 2 heterocycles. The van der Waals surface area contributed by atoms with Crippen LogP contribution in [0.1, 0.15) is 37.8 Å². The summed E-state index contributed by atoms with van der Waals surface area (Å²) in [7, 11) is 1.58. The van der Waals surface area contributed by atoms with Gasteiger partial charge in [-0.3, -0.25) is 14.5 Å². The Kier molecular flexibility index (Phi) is 4.91. The number of rotatable bonds is 1. The average molecular weight is 493 g/mol. The summed E-state index contributed by atoms with van der Waals surface area (Å²) < 4.78 is 39.6. The van der Waals surface area contributed by atoms with Crippen LogP contribution in [-0.4, -0.2) is 18.7 Å². The SMILES string of the molecule is CN1C(=O)[C@]2(C(C#N)=C(N)N(c3ccc(C(F)(F)F)cc3)C3=C2C(=O)CC(C)(C)C3)c2ccccc21. The van der Waals surface area contributed by atoms with Gasteiger partial charge in [-0.2, -0.15) is 18.4 Å². The average Bonchev–Trinajstić information content (AvgIpc) is 3.01. The number of hydrogen-bond donors (Lipinski definition) is 1. The maximum Gasteiger partial charge on any atom is 0.416 e. The van der Waals surface area contributed by atoms with Crippen LogP contribution >= 0.6 is 0 Å². The van der Waals surface area contributed by atoms with E-state index in [9.17, 15) is 28.0 Å². The summed E-state index contributed by atoms with van der Waals surface area (Å²) in [5.74, 6) is -0.840. The van der Waals surface area contributed by atoms with Gasteiger partial charge in [0.1, 0.15) is 17.3 Å². The van der Waals surface area contributed by atoms with E-state index < -0.39 is 28.5 Å². The molecule has 2 N–H and O–H groups in total. The van der Waals surface area contributed by atoms with E-state index in [1.54, 1.807) is 31.3 Å². The van der Waals surface area contributed by atoms with E-state index in [-0.39, 0.29) is 34.9 Å². The fraction of sp³-hybridized carbons (Fsp3) is 0.296. The number of para-hydroxylation sites is 1. The minimum absolute atomic E-state index is 0.0834. The summed E-state index contributed by atoms with van der Waals surface area (Å²) in [6.45, 7) is 3.81. The third kappa shape index (κ3) is 3.03. The van der Waals surface area contributed by atoms with Crippen LogP contribution in [0.2, 0.25) is 0 Å². The Morgan fingerprint density at radius 1 is 1.03 bits per heavy atom. The largest absolute Gasteiger partial charge is 0.416 e. The zero-order valence-corrected chi connectivity index (χ0v) is 19.9. The number of benzene rings is 2. The predicted molar refractivity (Wildman–Crippen MR) is 127 cm³/mol. The third-order valence-electron chi connectivity index (χ3n) is 7.23. The normalized spacial score (nSPS) is 23.2. The number of nitriles is 1. The predicted octanol–water partition coefficient (Wildman–Crippen LogP) is 4.78. The summed E-state index contributed by atoms with van der Waals surface area (Å²) in [6, 6.07) is 13.4. The maximum atomic E-state index is 14.0. The van der Waals surface area contributed by atoms with Crippen molar-refractivity contribution < 1.29 is 22.8 Å². The first-order valence-corrected chi connectivity index (χ1v) is 11.4. The van der Waals surface area contributed by atoms with Gasteiger partial charge < -0.3 is 10.6 Å². The van der Waals surface area contributed by atoms with Crippen LogP contribution in [0, 0.1) is 16.7 Å². The fourth-order valence-electron chi connectivity index (χ4n) is 5.76. The molecule has 9 heteroatoms. The highest BCUT2D eigenvalue weighted by Crippen LogP contribution is 2.58. The van der Waals surface area contributed by atoms with Crippen molar-refractivity contribution in [2.45, 2.75) is 38.3 Å². The number of halogens is 3. The van der Waals surface area contributed by atoms with E-state index in [0.717, 1.165) is 12.1 Å². The molecule has 5 rings (SSSR count). The van der Waals surface area contributed by atoms with Gasteiger partial charge in [0.15, 0.2) is 5.78 Å². The number of carbonyl (C=O) groups excluding carboxylic acids is 2. The molecule has 0 saturated heterocycles. The number of fused-ring (bicyclic) bond motifs is 3. The highest BCUT2D eigenvalue weighted by molar-refractivity contribution is 6.20. The molecule has 36 heavy (non-hydrogen) atoms. The lowest BCUT2D eigenvalue weighted by molar-refractivity contribution is -0.137. The van der Waals surface area contributed by atoms with Crippen LogP contribution in [0.15, 0.2) is 71.2 Å². The minimum atomic E-state index is -4.53. The Hall–Kier alpha value is -4.06. The van der Waals surface area contributed by atoms with Gasteiger partial charge in [0.25, 0.3) is 0 Å². The van der Waals surface area contributed by atoms with Gasteiger partial charge in [-0.25, -0.2) is 0 Å². The Bertz CT molecular complexity index is 1430. The van der Waals surface area contributed by atoms with E-state index in [0.29, 0.717) is 23.4 Å². The van der Waals surface area contributed by atoms with E-state index >= 15 is 0 Å². The number of allylic oxidation sites excluding steroid dienone is 1. The first-order valence-electron chi connectivity index (χ1n) is 11.4. The summed E-state index contributed by atoms with van der Waals surface area (Å²) >= 11 is 0. The first-order chi connectivity index (χ1) is 16.8. The monoisotopic (exact) mass is 492 g/mol. The summed E-state index contributed by atoms with van der Waals surface area (Å²) in [6.07, 6.45) is -4.05. The lowest BCUT2D eigenvalue weighted by Gasteiger charge is -2.47. The standard InChI is InChI=1S/C27H23F3N4O2/c1-25(2)12-20-22(21(35)13-25)26(17-6-4-5-7-19(17)33(3)24(26)36)18(14-31)23(32)34(20)16-10-8-15(9-11-16)27(28,29)30/h4-11H,12-13,32H2,1-3H3/t26-/m0/s1. The highest BCUT2D eigenvalue weighted by Gasteiger charge is 2.62. The number of nitrogens with two attached hydrogens (primary N) is 1. The molecule has 6 nitrogen and oxygen atoms in total. The van der Waals surface area contributed by atoms with Crippen LogP contribution in [0.3, 0.4) is 0 Å². The molecule has 1 spiro atoms. The molecule has 2 aromatic rings. The Balaban J connectivity index is 1.85. The van der Waals surface area contributed by atoms with Crippen LogP contribution in [0.25, 0.3) is 0 Å². The molecule has 0 radical (unpaired) electrons. The van der Waals surface area contributed by atoms with Crippen LogP contribution in [0.4, 0.5) is 24.5 Å². The molecule has 1 aliphatic carbocycles. The number of carbonyl (C=O) groups is 2.